The molecular weight excluding hydrogens is 346 g/mol. The lowest BCUT2D eigenvalue weighted by molar-refractivity contribution is -0.164. The summed E-state index contributed by atoms with van der Waals surface area (Å²) in [6.07, 6.45) is -2.28. The molecule has 0 fully saturated rings. The van der Waals surface area contributed by atoms with Gasteiger partial charge in [0, 0.05) is 6.92 Å². The van der Waals surface area contributed by atoms with Gasteiger partial charge in [0.25, 0.3) is 0 Å². The number of rotatable bonds is 7. The van der Waals surface area contributed by atoms with Gasteiger partial charge in [0.05, 0.1) is 12.6 Å². The zero-order valence-corrected chi connectivity index (χ0v) is 14.5. The third-order valence-electron chi connectivity index (χ3n) is 3.54. The molecule has 26 heavy (non-hydrogen) atoms. The van der Waals surface area contributed by atoms with Gasteiger partial charge in [-0.05, 0) is 31.0 Å². The van der Waals surface area contributed by atoms with Gasteiger partial charge >= 0.3 is 18.0 Å². The van der Waals surface area contributed by atoms with Crippen molar-refractivity contribution < 1.29 is 38.4 Å². The highest BCUT2D eigenvalue weighted by Gasteiger charge is 2.33. The number of benzene rings is 1. The number of ether oxygens (including phenoxy) is 4. The van der Waals surface area contributed by atoms with E-state index in [1.54, 1.807) is 25.1 Å². The van der Waals surface area contributed by atoms with Crippen LogP contribution in [0.15, 0.2) is 18.2 Å². The summed E-state index contributed by atoms with van der Waals surface area (Å²) < 4.78 is 20.6. The molecule has 1 aliphatic rings. The molecule has 0 saturated carbocycles. The minimum absolute atomic E-state index is 0.0830. The fourth-order valence-electron chi connectivity index (χ4n) is 2.51. The van der Waals surface area contributed by atoms with Gasteiger partial charge in [0.15, 0.2) is 11.5 Å². The average molecular weight is 367 g/mol. The third-order valence-corrected chi connectivity index (χ3v) is 3.54. The van der Waals surface area contributed by atoms with Crippen LogP contribution in [-0.4, -0.2) is 55.1 Å². The van der Waals surface area contributed by atoms with Gasteiger partial charge in [0.1, 0.15) is 13.2 Å². The highest BCUT2D eigenvalue weighted by molar-refractivity contribution is 5.79. The Kier molecular flexibility index (Phi) is 6.65. The molecule has 9 heteroatoms. The van der Waals surface area contributed by atoms with Crippen LogP contribution >= 0.6 is 0 Å². The van der Waals surface area contributed by atoms with Crippen molar-refractivity contribution >= 4 is 18.0 Å². The lowest BCUT2D eigenvalue weighted by atomic mass is 10.0. The molecular formula is C17H21NO8. The molecule has 0 saturated heterocycles. The molecule has 2 unspecified atom stereocenters. The first-order chi connectivity index (χ1) is 12.4. The second-order valence-corrected chi connectivity index (χ2v) is 5.52. The van der Waals surface area contributed by atoms with E-state index >= 15 is 0 Å². The predicted octanol–water partition coefficient (Wildman–Crippen LogP) is 1.13. The number of carbonyl (C=O) groups excluding carboxylic acids is 2. The first-order valence-electron chi connectivity index (χ1n) is 8.12. The Morgan fingerprint density at radius 2 is 1.92 bits per heavy atom. The monoisotopic (exact) mass is 367 g/mol. The van der Waals surface area contributed by atoms with Crippen molar-refractivity contribution in [2.75, 3.05) is 19.8 Å². The van der Waals surface area contributed by atoms with Crippen molar-refractivity contribution in [1.29, 1.82) is 0 Å². The highest BCUT2D eigenvalue weighted by atomic mass is 16.6. The van der Waals surface area contributed by atoms with Gasteiger partial charge in [-0.15, -0.1) is 0 Å². The van der Waals surface area contributed by atoms with E-state index in [4.69, 9.17) is 18.9 Å². The molecule has 2 atom stereocenters. The predicted molar refractivity (Wildman–Crippen MR) is 88.3 cm³/mol. The Morgan fingerprint density at radius 3 is 2.54 bits per heavy atom. The topological polar surface area (TPSA) is 120 Å². The Bertz CT molecular complexity index is 675. The number of hydrogen-bond donors (Lipinski definition) is 2. The molecule has 1 aromatic carbocycles. The van der Waals surface area contributed by atoms with E-state index in [2.05, 4.69) is 5.32 Å². The number of aliphatic carboxylic acids is 1. The molecule has 2 rings (SSSR count). The van der Waals surface area contributed by atoms with Gasteiger partial charge < -0.3 is 29.4 Å². The first-order valence-corrected chi connectivity index (χ1v) is 8.12. The number of amides is 1. The summed E-state index contributed by atoms with van der Waals surface area (Å²) in [7, 11) is 0. The number of carboxylic acid groups (broad SMARTS) is 1. The molecule has 9 nitrogen and oxygen atoms in total. The molecule has 0 radical (unpaired) electrons. The standard InChI is InChI=1S/C17H21NO8/c1-3-23-17(22)18-12(15(16(20)21)26-10(2)19)8-11-4-5-13-14(9-11)25-7-6-24-13/h4-5,9,12,15H,3,6-8H2,1-2H3,(H,18,22)(H,20,21). The quantitative estimate of drug-likeness (QED) is 0.688. The van der Waals surface area contributed by atoms with E-state index in [0.717, 1.165) is 6.92 Å². The van der Waals surface area contributed by atoms with Crippen LogP contribution in [0.1, 0.15) is 19.4 Å². The van der Waals surface area contributed by atoms with Crippen LogP contribution in [-0.2, 0) is 25.5 Å². The van der Waals surface area contributed by atoms with Crippen molar-refractivity contribution in [2.45, 2.75) is 32.4 Å². The molecule has 0 aromatic heterocycles. The van der Waals surface area contributed by atoms with Crippen LogP contribution in [0.3, 0.4) is 0 Å². The summed E-state index contributed by atoms with van der Waals surface area (Å²) >= 11 is 0. The maximum atomic E-state index is 11.8. The normalized spacial score (nSPS) is 14.7. The Balaban J connectivity index is 2.22. The van der Waals surface area contributed by atoms with Crippen LogP contribution < -0.4 is 14.8 Å². The van der Waals surface area contributed by atoms with E-state index < -0.39 is 30.2 Å². The van der Waals surface area contributed by atoms with Crippen molar-refractivity contribution in [3.05, 3.63) is 23.8 Å². The summed E-state index contributed by atoms with van der Waals surface area (Å²) in [5.74, 6) is -1.03. The summed E-state index contributed by atoms with van der Waals surface area (Å²) in [5, 5.41) is 11.8. The third kappa shape index (κ3) is 5.27. The minimum Gasteiger partial charge on any atom is -0.486 e. The number of carboxylic acids is 1. The minimum atomic E-state index is -1.56. The van der Waals surface area contributed by atoms with E-state index in [0.29, 0.717) is 30.3 Å². The second kappa shape index (κ2) is 8.93. The van der Waals surface area contributed by atoms with E-state index in [1.807, 2.05) is 0 Å². The van der Waals surface area contributed by atoms with Crippen molar-refractivity contribution in [1.82, 2.24) is 5.32 Å². The Morgan fingerprint density at radius 1 is 1.23 bits per heavy atom. The van der Waals surface area contributed by atoms with E-state index in [9.17, 15) is 19.5 Å². The van der Waals surface area contributed by atoms with Crippen LogP contribution in [0.25, 0.3) is 0 Å². The largest absolute Gasteiger partial charge is 0.486 e. The lowest BCUT2D eigenvalue weighted by Crippen LogP contribution is -2.50. The Labute approximate surface area is 150 Å². The van der Waals surface area contributed by atoms with Gasteiger partial charge in [-0.1, -0.05) is 6.07 Å². The van der Waals surface area contributed by atoms with Gasteiger partial charge in [0.2, 0.25) is 6.10 Å². The molecule has 1 amide bonds. The SMILES string of the molecule is CCOC(=O)NC(Cc1ccc2c(c1)OCCO2)C(OC(C)=O)C(=O)O. The summed E-state index contributed by atoms with van der Waals surface area (Å²) in [4.78, 5) is 34.6. The van der Waals surface area contributed by atoms with Gasteiger partial charge in [-0.3, -0.25) is 4.79 Å². The molecule has 2 N–H and O–H groups in total. The average Bonchev–Trinajstić information content (AvgIpc) is 2.59. The number of carbonyl (C=O) groups is 3. The Hall–Kier alpha value is -2.97. The fourth-order valence-corrected chi connectivity index (χ4v) is 2.51. The zero-order valence-electron chi connectivity index (χ0n) is 14.5. The van der Waals surface area contributed by atoms with E-state index in [-0.39, 0.29) is 13.0 Å². The fraction of sp³-hybridized carbons (Fsp3) is 0.471. The number of nitrogens with one attached hydrogen (secondary N) is 1. The molecule has 142 valence electrons. The highest BCUT2D eigenvalue weighted by Crippen LogP contribution is 2.31. The van der Waals surface area contributed by atoms with E-state index in [1.165, 1.54) is 0 Å². The molecule has 1 aromatic rings. The summed E-state index contributed by atoms with van der Waals surface area (Å²) in [5.41, 5.74) is 0.675. The maximum Gasteiger partial charge on any atom is 0.407 e. The molecule has 0 aliphatic carbocycles. The zero-order chi connectivity index (χ0) is 19.1. The molecule has 1 heterocycles. The number of hydrogen-bond acceptors (Lipinski definition) is 7. The second-order valence-electron chi connectivity index (χ2n) is 5.52. The first kappa shape index (κ1) is 19.4. The van der Waals surface area contributed by atoms with Gasteiger partial charge in [-0.25, -0.2) is 9.59 Å². The number of fused-ring (bicyclic) bond motifs is 1. The van der Waals surface area contributed by atoms with Gasteiger partial charge in [-0.2, -0.15) is 0 Å². The van der Waals surface area contributed by atoms with Crippen LogP contribution in [0, 0.1) is 0 Å². The number of alkyl carbamates (subject to hydrolysis) is 1. The van der Waals surface area contributed by atoms with Crippen LogP contribution in [0.4, 0.5) is 4.79 Å². The van der Waals surface area contributed by atoms with Crippen molar-refractivity contribution in [3.8, 4) is 11.5 Å². The lowest BCUT2D eigenvalue weighted by Gasteiger charge is -2.25. The smallest absolute Gasteiger partial charge is 0.407 e. The van der Waals surface area contributed by atoms with Crippen molar-refractivity contribution in [3.63, 3.8) is 0 Å². The maximum absolute atomic E-state index is 11.8. The van der Waals surface area contributed by atoms with Crippen LogP contribution in [0.5, 0.6) is 11.5 Å². The molecule has 1 aliphatic heterocycles. The number of esters is 1. The van der Waals surface area contributed by atoms with Crippen molar-refractivity contribution in [2.24, 2.45) is 0 Å². The molecule has 0 spiro atoms. The van der Waals surface area contributed by atoms with Crippen LogP contribution in [0.2, 0.25) is 0 Å². The summed E-state index contributed by atoms with van der Waals surface area (Å²) in [6.45, 7) is 3.70. The molecule has 0 bridgehead atoms. The summed E-state index contributed by atoms with van der Waals surface area (Å²) in [6, 6.07) is 4.09.